The SMILES string of the molecule is CC[C@H](C)Nc1nc2c(S(=O)(=O)c3ccccc3)nnn2c2ccsc12. The summed E-state index contributed by atoms with van der Waals surface area (Å²) in [5, 5.41) is 13.2. The van der Waals surface area contributed by atoms with E-state index in [0.29, 0.717) is 5.82 Å². The minimum atomic E-state index is -3.81. The summed E-state index contributed by atoms with van der Waals surface area (Å²) in [6.45, 7) is 4.13. The fourth-order valence-electron chi connectivity index (χ4n) is 2.64. The molecular formula is C17H17N5O2S2. The molecule has 7 nitrogen and oxygen atoms in total. The quantitative estimate of drug-likeness (QED) is 0.565. The lowest BCUT2D eigenvalue weighted by Gasteiger charge is -2.13. The Balaban J connectivity index is 1.97. The molecule has 1 atom stereocenters. The van der Waals surface area contributed by atoms with Gasteiger partial charge in [-0.2, -0.15) is 4.52 Å². The Morgan fingerprint density at radius 1 is 1.23 bits per heavy atom. The molecule has 4 rings (SSSR count). The Labute approximate surface area is 154 Å². The second-order valence-corrected chi connectivity index (χ2v) is 8.78. The van der Waals surface area contributed by atoms with Gasteiger partial charge >= 0.3 is 0 Å². The highest BCUT2D eigenvalue weighted by atomic mass is 32.2. The average molecular weight is 387 g/mol. The third kappa shape index (κ3) is 2.63. The van der Waals surface area contributed by atoms with Crippen LogP contribution < -0.4 is 5.32 Å². The molecule has 4 aromatic rings. The van der Waals surface area contributed by atoms with E-state index in [4.69, 9.17) is 0 Å². The predicted molar refractivity (Wildman–Crippen MR) is 101 cm³/mol. The van der Waals surface area contributed by atoms with Gasteiger partial charge in [0, 0.05) is 6.04 Å². The fourth-order valence-corrected chi connectivity index (χ4v) is 4.72. The first-order valence-corrected chi connectivity index (χ1v) is 10.6. The average Bonchev–Trinajstić information content (AvgIpc) is 3.29. The van der Waals surface area contributed by atoms with Crippen molar-refractivity contribution in [2.45, 2.75) is 36.2 Å². The molecule has 0 bridgehead atoms. The standard InChI is InChI=1S/C17H17N5O2S2/c1-3-11(2)18-15-14-13(9-10-25-14)22-16(19-15)17(20-21-22)26(23,24)12-7-5-4-6-8-12/h4-11H,3H2,1-2H3,(H,18,19)/t11-/m0/s1. The Morgan fingerprint density at radius 2 is 2.00 bits per heavy atom. The van der Waals surface area contributed by atoms with Gasteiger partial charge in [-0.1, -0.05) is 30.3 Å². The summed E-state index contributed by atoms with van der Waals surface area (Å²) in [7, 11) is -3.81. The van der Waals surface area contributed by atoms with E-state index in [9.17, 15) is 8.42 Å². The summed E-state index contributed by atoms with van der Waals surface area (Å²) in [4.78, 5) is 4.75. The zero-order valence-electron chi connectivity index (χ0n) is 14.2. The van der Waals surface area contributed by atoms with Crippen molar-refractivity contribution in [2.24, 2.45) is 0 Å². The predicted octanol–water partition coefficient (Wildman–Crippen LogP) is 3.38. The first-order chi connectivity index (χ1) is 12.5. The Hall–Kier alpha value is -2.52. The van der Waals surface area contributed by atoms with E-state index in [0.717, 1.165) is 16.6 Å². The van der Waals surface area contributed by atoms with Gasteiger partial charge in [-0.25, -0.2) is 13.4 Å². The third-order valence-electron chi connectivity index (χ3n) is 4.23. The van der Waals surface area contributed by atoms with Crippen LogP contribution in [0.4, 0.5) is 5.82 Å². The second-order valence-electron chi connectivity index (χ2n) is 6.00. The van der Waals surface area contributed by atoms with Crippen molar-refractivity contribution >= 4 is 42.9 Å². The maximum absolute atomic E-state index is 13.0. The number of hydrogen-bond donors (Lipinski definition) is 1. The van der Waals surface area contributed by atoms with Gasteiger partial charge in [0.25, 0.3) is 0 Å². The van der Waals surface area contributed by atoms with Gasteiger partial charge in [0.1, 0.15) is 5.82 Å². The van der Waals surface area contributed by atoms with E-state index in [1.807, 2.05) is 11.4 Å². The van der Waals surface area contributed by atoms with Crippen LogP contribution in [0.3, 0.4) is 0 Å². The van der Waals surface area contributed by atoms with Crippen molar-refractivity contribution in [2.75, 3.05) is 5.32 Å². The molecule has 0 radical (unpaired) electrons. The zero-order chi connectivity index (χ0) is 18.3. The number of sulfone groups is 1. The molecule has 0 unspecified atom stereocenters. The molecule has 1 N–H and O–H groups in total. The first-order valence-electron chi connectivity index (χ1n) is 8.21. The fraction of sp³-hybridized carbons (Fsp3) is 0.235. The van der Waals surface area contributed by atoms with Crippen LogP contribution in [0.25, 0.3) is 15.9 Å². The van der Waals surface area contributed by atoms with Crippen molar-refractivity contribution in [1.82, 2.24) is 19.8 Å². The van der Waals surface area contributed by atoms with Crippen molar-refractivity contribution in [3.63, 3.8) is 0 Å². The summed E-state index contributed by atoms with van der Waals surface area (Å²) < 4.78 is 28.4. The molecule has 26 heavy (non-hydrogen) atoms. The summed E-state index contributed by atoms with van der Waals surface area (Å²) in [5.74, 6) is 0.656. The molecule has 0 saturated heterocycles. The van der Waals surface area contributed by atoms with Gasteiger partial charge in [-0.3, -0.25) is 0 Å². The molecule has 3 heterocycles. The number of nitrogens with one attached hydrogen (secondary N) is 1. The van der Waals surface area contributed by atoms with Crippen LogP contribution in [-0.2, 0) is 9.84 Å². The Bertz CT molecular complexity index is 1180. The number of hydrogen-bond acceptors (Lipinski definition) is 7. The van der Waals surface area contributed by atoms with Crippen molar-refractivity contribution in [3.8, 4) is 0 Å². The van der Waals surface area contributed by atoms with Crippen LogP contribution >= 0.6 is 11.3 Å². The van der Waals surface area contributed by atoms with Gasteiger partial charge in [-0.15, -0.1) is 16.4 Å². The number of thiophene rings is 1. The lowest BCUT2D eigenvalue weighted by Crippen LogP contribution is -2.15. The van der Waals surface area contributed by atoms with Crippen LogP contribution in [0.5, 0.6) is 0 Å². The molecule has 1 aromatic carbocycles. The maximum Gasteiger partial charge on any atom is 0.229 e. The highest BCUT2D eigenvalue weighted by Gasteiger charge is 2.27. The molecule has 0 aliphatic rings. The smallest absolute Gasteiger partial charge is 0.229 e. The normalized spacial score (nSPS) is 13.3. The molecule has 0 spiro atoms. The summed E-state index contributed by atoms with van der Waals surface area (Å²) in [5.41, 5.74) is 1.01. The van der Waals surface area contributed by atoms with Crippen LogP contribution in [0.1, 0.15) is 20.3 Å². The first kappa shape index (κ1) is 16.9. The Morgan fingerprint density at radius 3 is 2.73 bits per heavy atom. The topological polar surface area (TPSA) is 89.2 Å². The molecule has 0 saturated carbocycles. The monoisotopic (exact) mass is 387 g/mol. The highest BCUT2D eigenvalue weighted by molar-refractivity contribution is 7.91. The second kappa shape index (κ2) is 6.33. The number of fused-ring (bicyclic) bond motifs is 3. The summed E-state index contributed by atoms with van der Waals surface area (Å²) >= 11 is 1.53. The largest absolute Gasteiger partial charge is 0.366 e. The molecule has 0 aliphatic carbocycles. The third-order valence-corrected chi connectivity index (χ3v) is 6.80. The Kier molecular flexibility index (Phi) is 4.12. The molecule has 9 heteroatoms. The van der Waals surface area contributed by atoms with Crippen molar-refractivity contribution < 1.29 is 8.42 Å². The summed E-state index contributed by atoms with van der Waals surface area (Å²) in [6.07, 6.45) is 0.923. The number of anilines is 1. The van der Waals surface area contributed by atoms with Gasteiger partial charge in [0.05, 0.1) is 15.1 Å². The lowest BCUT2D eigenvalue weighted by molar-refractivity contribution is 0.592. The minimum absolute atomic E-state index is 0.135. The number of nitrogens with zero attached hydrogens (tertiary/aromatic N) is 4. The maximum atomic E-state index is 13.0. The van der Waals surface area contributed by atoms with E-state index in [1.54, 1.807) is 30.3 Å². The molecular weight excluding hydrogens is 370 g/mol. The molecule has 0 amide bonds. The highest BCUT2D eigenvalue weighted by Crippen LogP contribution is 2.31. The van der Waals surface area contributed by atoms with Gasteiger partial charge in [0.2, 0.25) is 14.9 Å². The zero-order valence-corrected chi connectivity index (χ0v) is 15.9. The van der Waals surface area contributed by atoms with Crippen molar-refractivity contribution in [1.29, 1.82) is 0 Å². The van der Waals surface area contributed by atoms with E-state index in [2.05, 4.69) is 34.5 Å². The van der Waals surface area contributed by atoms with E-state index >= 15 is 0 Å². The van der Waals surface area contributed by atoms with Gasteiger partial charge in [-0.05, 0) is 36.9 Å². The molecule has 134 valence electrons. The minimum Gasteiger partial charge on any atom is -0.366 e. The van der Waals surface area contributed by atoms with E-state index in [1.165, 1.54) is 15.9 Å². The van der Waals surface area contributed by atoms with E-state index < -0.39 is 9.84 Å². The van der Waals surface area contributed by atoms with Crippen molar-refractivity contribution in [3.05, 3.63) is 41.8 Å². The number of aromatic nitrogens is 4. The van der Waals surface area contributed by atoms with Crippen LogP contribution in [0.15, 0.2) is 51.7 Å². The molecule has 0 aliphatic heterocycles. The van der Waals surface area contributed by atoms with E-state index in [-0.39, 0.29) is 21.6 Å². The van der Waals surface area contributed by atoms with Gasteiger partial charge < -0.3 is 5.32 Å². The lowest BCUT2D eigenvalue weighted by atomic mass is 10.2. The van der Waals surface area contributed by atoms with Crippen LogP contribution in [0, 0.1) is 0 Å². The summed E-state index contributed by atoms with van der Waals surface area (Å²) in [6, 6.07) is 10.3. The van der Waals surface area contributed by atoms with Crippen LogP contribution in [-0.4, -0.2) is 34.3 Å². The van der Waals surface area contributed by atoms with Crippen LogP contribution in [0.2, 0.25) is 0 Å². The van der Waals surface area contributed by atoms with Gasteiger partial charge in [0.15, 0.2) is 5.65 Å². The molecule has 3 aromatic heterocycles. The molecule has 0 fully saturated rings. The number of benzene rings is 1. The number of rotatable bonds is 5.